The van der Waals surface area contributed by atoms with Gasteiger partial charge in [-0.05, 0) is 62.6 Å². The highest BCUT2D eigenvalue weighted by molar-refractivity contribution is 7.41. The summed E-state index contributed by atoms with van der Waals surface area (Å²) in [6.07, 6.45) is 3.47. The minimum atomic E-state index is -1.36. The lowest BCUT2D eigenvalue weighted by Gasteiger charge is -2.15. The molecular formula is C21H28NO7P. The fourth-order valence-electron chi connectivity index (χ4n) is 2.67. The molecule has 164 valence electrons. The molecule has 2 rings (SSSR count). The highest BCUT2D eigenvalue weighted by Gasteiger charge is 2.12. The van der Waals surface area contributed by atoms with Gasteiger partial charge in [0.25, 0.3) is 0 Å². The van der Waals surface area contributed by atoms with E-state index in [4.69, 9.17) is 28.2 Å². The van der Waals surface area contributed by atoms with Crippen LogP contribution in [0.25, 0.3) is 0 Å². The number of pyridine rings is 1. The zero-order chi connectivity index (χ0) is 21.9. The van der Waals surface area contributed by atoms with Gasteiger partial charge in [0.2, 0.25) is 0 Å². The van der Waals surface area contributed by atoms with E-state index >= 15 is 0 Å². The average Bonchev–Trinajstić information content (AvgIpc) is 2.70. The summed E-state index contributed by atoms with van der Waals surface area (Å²) < 4.78 is 27.8. The van der Waals surface area contributed by atoms with Crippen molar-refractivity contribution in [2.75, 3.05) is 19.8 Å². The molecule has 1 aromatic carbocycles. The van der Waals surface area contributed by atoms with Crippen LogP contribution < -0.4 is 9.47 Å². The van der Waals surface area contributed by atoms with Crippen LogP contribution in [-0.4, -0.2) is 35.9 Å². The molecule has 0 saturated carbocycles. The molecule has 1 aromatic heterocycles. The first-order valence-corrected chi connectivity index (χ1v) is 10.7. The van der Waals surface area contributed by atoms with Crippen LogP contribution in [-0.2, 0) is 31.6 Å². The number of carboxylic acids is 1. The maximum absolute atomic E-state index is 10.7. The molecule has 1 N–H and O–H groups in total. The molecule has 0 aliphatic heterocycles. The van der Waals surface area contributed by atoms with Crippen molar-refractivity contribution in [3.05, 3.63) is 52.8 Å². The van der Waals surface area contributed by atoms with E-state index in [9.17, 15) is 4.79 Å². The van der Waals surface area contributed by atoms with Gasteiger partial charge in [0, 0.05) is 18.0 Å². The van der Waals surface area contributed by atoms with Gasteiger partial charge in [-0.25, -0.2) is 4.79 Å². The highest BCUT2D eigenvalue weighted by Crippen LogP contribution is 2.40. The zero-order valence-electron chi connectivity index (χ0n) is 17.7. The van der Waals surface area contributed by atoms with E-state index in [-0.39, 0.29) is 6.61 Å². The summed E-state index contributed by atoms with van der Waals surface area (Å²) in [4.78, 5) is 15.0. The van der Waals surface area contributed by atoms with Crippen molar-refractivity contribution in [2.24, 2.45) is 0 Å². The van der Waals surface area contributed by atoms with Crippen molar-refractivity contribution in [1.82, 2.24) is 4.98 Å². The van der Waals surface area contributed by atoms with Gasteiger partial charge in [0.1, 0.15) is 18.1 Å². The average molecular weight is 437 g/mol. The third kappa shape index (κ3) is 7.88. The van der Waals surface area contributed by atoms with Gasteiger partial charge in [0.15, 0.2) is 6.61 Å². The predicted molar refractivity (Wildman–Crippen MR) is 113 cm³/mol. The molecular weight excluding hydrogens is 409 g/mol. The molecule has 8 nitrogen and oxygen atoms in total. The third-order valence-corrected chi connectivity index (χ3v) is 5.11. The number of benzene rings is 1. The lowest BCUT2D eigenvalue weighted by molar-refractivity contribution is -0.139. The Morgan fingerprint density at radius 1 is 0.933 bits per heavy atom. The fourth-order valence-corrected chi connectivity index (χ4v) is 3.57. The van der Waals surface area contributed by atoms with E-state index in [2.05, 4.69) is 4.98 Å². The molecule has 0 unspecified atom stereocenters. The molecule has 0 aliphatic rings. The number of aliphatic carboxylic acids is 1. The van der Waals surface area contributed by atoms with Gasteiger partial charge in [-0.1, -0.05) is 0 Å². The molecule has 0 spiro atoms. The van der Waals surface area contributed by atoms with Gasteiger partial charge in [0.05, 0.1) is 19.8 Å². The normalized spacial score (nSPS) is 11.0. The number of carbonyl (C=O) groups is 1. The van der Waals surface area contributed by atoms with Gasteiger partial charge < -0.3 is 28.2 Å². The number of carboxylic acid groups (broad SMARTS) is 1. The Hall–Kier alpha value is -2.25. The highest BCUT2D eigenvalue weighted by atomic mass is 31.2. The quantitative estimate of drug-likeness (QED) is 0.456. The minimum Gasteiger partial charge on any atom is -0.489 e. The van der Waals surface area contributed by atoms with Crippen molar-refractivity contribution in [3.8, 4) is 11.5 Å². The summed E-state index contributed by atoms with van der Waals surface area (Å²) in [6, 6.07) is 5.60. The second-order valence-electron chi connectivity index (χ2n) is 6.39. The smallest absolute Gasteiger partial charge is 0.341 e. The summed E-state index contributed by atoms with van der Waals surface area (Å²) in [5, 5.41) is 8.79. The molecule has 9 heteroatoms. The lowest BCUT2D eigenvalue weighted by Crippen LogP contribution is -2.11. The van der Waals surface area contributed by atoms with Gasteiger partial charge in [-0.2, -0.15) is 0 Å². The van der Waals surface area contributed by atoms with Crippen molar-refractivity contribution in [1.29, 1.82) is 0 Å². The lowest BCUT2D eigenvalue weighted by atomic mass is 10.1. The first kappa shape index (κ1) is 24.0. The van der Waals surface area contributed by atoms with Gasteiger partial charge in [-0.3, -0.25) is 4.98 Å². The van der Waals surface area contributed by atoms with Crippen molar-refractivity contribution in [3.63, 3.8) is 0 Å². The Morgan fingerprint density at radius 2 is 1.53 bits per heavy atom. The number of hydrogen-bond donors (Lipinski definition) is 1. The van der Waals surface area contributed by atoms with Crippen LogP contribution in [0.2, 0.25) is 0 Å². The van der Waals surface area contributed by atoms with Gasteiger partial charge in [-0.15, -0.1) is 0 Å². The molecule has 0 aliphatic carbocycles. The van der Waals surface area contributed by atoms with Gasteiger partial charge >= 0.3 is 14.6 Å². The number of aryl methyl sites for hydroxylation is 2. The number of rotatable bonds is 13. The first-order chi connectivity index (χ1) is 14.4. The molecule has 0 bridgehead atoms. The summed E-state index contributed by atoms with van der Waals surface area (Å²) in [5.41, 5.74) is 3.42. The number of ether oxygens (including phenoxy) is 2. The summed E-state index contributed by atoms with van der Waals surface area (Å²) in [6.45, 7) is 8.83. The van der Waals surface area contributed by atoms with Crippen LogP contribution in [0.15, 0.2) is 30.6 Å². The van der Waals surface area contributed by atoms with Crippen LogP contribution in [0.3, 0.4) is 0 Å². The summed E-state index contributed by atoms with van der Waals surface area (Å²) >= 11 is 0. The van der Waals surface area contributed by atoms with E-state index in [1.54, 1.807) is 12.4 Å². The molecule has 0 saturated heterocycles. The van der Waals surface area contributed by atoms with Crippen LogP contribution >= 0.6 is 8.60 Å². The molecule has 30 heavy (non-hydrogen) atoms. The number of hydrogen-bond acceptors (Lipinski definition) is 7. The SMILES string of the molecule is CCOP(OCC)OCc1cncc(COc2cc(C)c(OCC(=O)O)c(C)c2)c1. The van der Waals surface area contributed by atoms with E-state index in [0.29, 0.717) is 37.9 Å². The maximum Gasteiger partial charge on any atom is 0.341 e. The Kier molecular flexibility index (Phi) is 9.97. The van der Waals surface area contributed by atoms with Crippen molar-refractivity contribution < 1.29 is 32.9 Å². The molecule has 2 aromatic rings. The fraction of sp³-hybridized carbons (Fsp3) is 0.429. The Balaban J connectivity index is 1.96. The number of nitrogens with zero attached hydrogens (tertiary/aromatic N) is 1. The predicted octanol–water partition coefficient (Wildman–Crippen LogP) is 4.56. The zero-order valence-corrected chi connectivity index (χ0v) is 18.6. The topological polar surface area (TPSA) is 96.3 Å². The van der Waals surface area contributed by atoms with E-state index < -0.39 is 14.6 Å². The maximum atomic E-state index is 10.7. The van der Waals surface area contributed by atoms with Crippen LogP contribution in [0.1, 0.15) is 36.1 Å². The molecule has 0 atom stereocenters. The first-order valence-electron chi connectivity index (χ1n) is 9.63. The second-order valence-corrected chi connectivity index (χ2v) is 7.61. The molecule has 0 amide bonds. The summed E-state index contributed by atoms with van der Waals surface area (Å²) in [5.74, 6) is 0.219. The van der Waals surface area contributed by atoms with Crippen LogP contribution in [0.4, 0.5) is 0 Å². The van der Waals surface area contributed by atoms with Crippen molar-refractivity contribution in [2.45, 2.75) is 40.9 Å². The van der Waals surface area contributed by atoms with E-state index in [0.717, 1.165) is 22.3 Å². The molecule has 1 heterocycles. The Bertz CT molecular complexity index is 802. The monoisotopic (exact) mass is 437 g/mol. The Morgan fingerprint density at radius 3 is 2.10 bits per heavy atom. The minimum absolute atomic E-state index is 0.334. The Labute approximate surface area is 178 Å². The standard InChI is InChI=1S/C21H28NO7P/c1-5-27-30(28-6-2)29-13-18-9-17(10-22-11-18)12-25-19-7-15(3)21(16(4)8-19)26-14-20(23)24/h7-11H,5-6,12-14H2,1-4H3,(H,23,24). The van der Waals surface area contributed by atoms with Crippen LogP contribution in [0.5, 0.6) is 11.5 Å². The van der Waals surface area contributed by atoms with E-state index in [1.165, 1.54) is 0 Å². The van der Waals surface area contributed by atoms with E-state index in [1.807, 2.05) is 45.9 Å². The van der Waals surface area contributed by atoms with Crippen molar-refractivity contribution >= 4 is 14.6 Å². The number of aromatic nitrogens is 1. The second kappa shape index (κ2) is 12.4. The largest absolute Gasteiger partial charge is 0.489 e. The van der Waals surface area contributed by atoms with Crippen LogP contribution in [0, 0.1) is 13.8 Å². The molecule has 0 fully saturated rings. The summed E-state index contributed by atoms with van der Waals surface area (Å²) in [7, 11) is -1.36. The molecule has 0 radical (unpaired) electrons. The third-order valence-electron chi connectivity index (χ3n) is 3.84.